The molecule has 1 fully saturated rings. The van der Waals surface area contributed by atoms with Crippen molar-refractivity contribution in [3.05, 3.63) is 20.7 Å². The van der Waals surface area contributed by atoms with Crippen molar-refractivity contribution in [2.24, 2.45) is 0 Å². The van der Waals surface area contributed by atoms with Gasteiger partial charge in [0.05, 0.1) is 13.2 Å². The van der Waals surface area contributed by atoms with E-state index in [0.717, 1.165) is 11.3 Å². The standard InChI is InChI=1S/C12H16N2O5S/c1-7-6-20-12(18)13(7)5-10(16)14-4-8(15)3-9(14)11(17)19-2/h6,8-9,15H,3-5H2,1-2H3. The Bertz CT molecular complexity index is 579. The molecule has 2 rings (SSSR count). The number of rotatable bonds is 3. The van der Waals surface area contributed by atoms with Crippen molar-refractivity contribution in [2.75, 3.05) is 13.7 Å². The van der Waals surface area contributed by atoms with Gasteiger partial charge in [0.15, 0.2) is 0 Å². The third kappa shape index (κ3) is 2.75. The van der Waals surface area contributed by atoms with Crippen molar-refractivity contribution in [1.82, 2.24) is 9.47 Å². The van der Waals surface area contributed by atoms with Gasteiger partial charge in [-0.3, -0.25) is 14.2 Å². The first-order chi connectivity index (χ1) is 9.43. The van der Waals surface area contributed by atoms with Crippen LogP contribution in [0.15, 0.2) is 10.2 Å². The van der Waals surface area contributed by atoms with E-state index in [2.05, 4.69) is 4.74 Å². The molecular formula is C12H16N2O5S. The van der Waals surface area contributed by atoms with E-state index in [1.54, 1.807) is 12.3 Å². The number of hydrogen-bond acceptors (Lipinski definition) is 6. The third-order valence-corrected chi connectivity index (χ3v) is 4.22. The Balaban J connectivity index is 2.15. The summed E-state index contributed by atoms with van der Waals surface area (Å²) in [5, 5.41) is 11.3. The number of likely N-dealkylation sites (tertiary alicyclic amines) is 1. The number of aliphatic hydroxyl groups is 1. The Hall–Kier alpha value is -1.67. The highest BCUT2D eigenvalue weighted by Crippen LogP contribution is 2.19. The molecule has 110 valence electrons. The number of carbonyl (C=O) groups excluding carboxylic acids is 2. The average Bonchev–Trinajstić information content (AvgIpc) is 2.95. The highest BCUT2D eigenvalue weighted by molar-refractivity contribution is 7.07. The summed E-state index contributed by atoms with van der Waals surface area (Å²) in [6.07, 6.45) is -0.584. The number of aromatic nitrogens is 1. The molecule has 1 aromatic heterocycles. The van der Waals surface area contributed by atoms with Crippen molar-refractivity contribution in [1.29, 1.82) is 0 Å². The van der Waals surface area contributed by atoms with Crippen molar-refractivity contribution in [2.45, 2.75) is 32.0 Å². The minimum absolute atomic E-state index is 0.0799. The minimum Gasteiger partial charge on any atom is -0.467 e. The van der Waals surface area contributed by atoms with Crippen LogP contribution < -0.4 is 4.87 Å². The summed E-state index contributed by atoms with van der Waals surface area (Å²) >= 11 is 1.02. The summed E-state index contributed by atoms with van der Waals surface area (Å²) in [6.45, 7) is 1.69. The van der Waals surface area contributed by atoms with Gasteiger partial charge in [0.2, 0.25) is 5.91 Å². The van der Waals surface area contributed by atoms with E-state index < -0.39 is 18.1 Å². The van der Waals surface area contributed by atoms with Gasteiger partial charge in [0.25, 0.3) is 0 Å². The normalized spacial score (nSPS) is 22.1. The lowest BCUT2D eigenvalue weighted by Gasteiger charge is -2.22. The van der Waals surface area contributed by atoms with E-state index in [-0.39, 0.29) is 30.3 Å². The number of β-amino-alcohol motifs (C(OH)–C–C–N with tert-alkyl or cyclic N) is 1. The molecule has 0 aromatic carbocycles. The zero-order valence-electron chi connectivity index (χ0n) is 11.2. The molecule has 7 nitrogen and oxygen atoms in total. The second-order valence-electron chi connectivity index (χ2n) is 4.70. The molecule has 2 heterocycles. The van der Waals surface area contributed by atoms with Gasteiger partial charge >= 0.3 is 10.8 Å². The average molecular weight is 300 g/mol. The van der Waals surface area contributed by atoms with Gasteiger partial charge < -0.3 is 14.7 Å². The second kappa shape index (κ2) is 5.76. The van der Waals surface area contributed by atoms with E-state index in [0.29, 0.717) is 5.69 Å². The summed E-state index contributed by atoms with van der Waals surface area (Å²) < 4.78 is 5.99. The van der Waals surface area contributed by atoms with E-state index in [1.807, 2.05) is 0 Å². The van der Waals surface area contributed by atoms with Crippen LogP contribution in [0.25, 0.3) is 0 Å². The molecule has 2 unspecified atom stereocenters. The summed E-state index contributed by atoms with van der Waals surface area (Å²) in [7, 11) is 1.24. The molecule has 1 aliphatic heterocycles. The number of methoxy groups -OCH3 is 1. The van der Waals surface area contributed by atoms with Gasteiger partial charge in [-0.05, 0) is 6.92 Å². The van der Waals surface area contributed by atoms with Gasteiger partial charge in [-0.1, -0.05) is 11.3 Å². The molecule has 1 saturated heterocycles. The largest absolute Gasteiger partial charge is 0.467 e. The lowest BCUT2D eigenvalue weighted by Crippen LogP contribution is -2.43. The maximum absolute atomic E-state index is 12.2. The van der Waals surface area contributed by atoms with Gasteiger partial charge in [-0.15, -0.1) is 0 Å². The van der Waals surface area contributed by atoms with E-state index >= 15 is 0 Å². The third-order valence-electron chi connectivity index (χ3n) is 3.34. The van der Waals surface area contributed by atoms with Crippen LogP contribution in [0.1, 0.15) is 12.1 Å². The fourth-order valence-corrected chi connectivity index (χ4v) is 3.01. The number of nitrogens with zero attached hydrogens (tertiary/aromatic N) is 2. The molecule has 2 atom stereocenters. The zero-order chi connectivity index (χ0) is 14.9. The van der Waals surface area contributed by atoms with E-state index in [9.17, 15) is 19.5 Å². The lowest BCUT2D eigenvalue weighted by molar-refractivity contribution is -0.151. The fourth-order valence-electron chi connectivity index (χ4n) is 2.27. The Morgan fingerprint density at radius 3 is 2.80 bits per heavy atom. The molecule has 0 radical (unpaired) electrons. The first kappa shape index (κ1) is 14.7. The van der Waals surface area contributed by atoms with Gasteiger partial charge in [0.1, 0.15) is 12.6 Å². The lowest BCUT2D eigenvalue weighted by atomic mass is 10.2. The number of hydrogen-bond donors (Lipinski definition) is 1. The van der Waals surface area contributed by atoms with Crippen molar-refractivity contribution >= 4 is 23.2 Å². The van der Waals surface area contributed by atoms with Crippen LogP contribution in [-0.4, -0.2) is 52.3 Å². The molecule has 1 aliphatic rings. The van der Waals surface area contributed by atoms with Crippen molar-refractivity contribution < 1.29 is 19.4 Å². The van der Waals surface area contributed by atoms with Crippen LogP contribution in [0.4, 0.5) is 0 Å². The quantitative estimate of drug-likeness (QED) is 0.750. The van der Waals surface area contributed by atoms with Crippen LogP contribution >= 0.6 is 11.3 Å². The monoisotopic (exact) mass is 300 g/mol. The summed E-state index contributed by atoms with van der Waals surface area (Å²) in [5.41, 5.74) is 0.697. The predicted octanol–water partition coefficient (Wildman–Crippen LogP) is -0.647. The zero-order valence-corrected chi connectivity index (χ0v) is 12.1. The molecule has 1 N–H and O–H groups in total. The van der Waals surface area contributed by atoms with Crippen LogP contribution in [0, 0.1) is 6.92 Å². The van der Waals surface area contributed by atoms with Gasteiger partial charge in [-0.2, -0.15) is 0 Å². The Kier molecular flexibility index (Phi) is 4.24. The van der Waals surface area contributed by atoms with Crippen LogP contribution in [0.2, 0.25) is 0 Å². The SMILES string of the molecule is COC(=O)C1CC(O)CN1C(=O)Cn1c(C)csc1=O. The van der Waals surface area contributed by atoms with Crippen LogP contribution in [0.5, 0.6) is 0 Å². The molecular weight excluding hydrogens is 284 g/mol. The Labute approximate surface area is 119 Å². The molecule has 0 saturated carbocycles. The summed E-state index contributed by atoms with van der Waals surface area (Å²) in [4.78, 5) is 36.5. The number of esters is 1. The predicted molar refractivity (Wildman–Crippen MR) is 71.5 cm³/mol. The number of thiazole rings is 1. The summed E-state index contributed by atoms with van der Waals surface area (Å²) in [6, 6.07) is -0.780. The van der Waals surface area contributed by atoms with Gasteiger partial charge in [0, 0.05) is 24.0 Å². The van der Waals surface area contributed by atoms with Crippen molar-refractivity contribution in [3.8, 4) is 0 Å². The molecule has 1 aromatic rings. The van der Waals surface area contributed by atoms with Crippen molar-refractivity contribution in [3.63, 3.8) is 0 Å². The first-order valence-corrected chi connectivity index (χ1v) is 7.02. The first-order valence-electron chi connectivity index (χ1n) is 6.14. The highest BCUT2D eigenvalue weighted by Gasteiger charge is 2.39. The van der Waals surface area contributed by atoms with Crippen LogP contribution in [0.3, 0.4) is 0 Å². The fraction of sp³-hybridized carbons (Fsp3) is 0.583. The molecule has 1 amide bonds. The molecule has 8 heteroatoms. The maximum Gasteiger partial charge on any atom is 0.328 e. The Morgan fingerprint density at radius 2 is 2.25 bits per heavy atom. The highest BCUT2D eigenvalue weighted by atomic mass is 32.1. The number of aliphatic hydroxyl groups excluding tert-OH is 1. The number of amides is 1. The summed E-state index contributed by atoms with van der Waals surface area (Å²) in [5.74, 6) is -0.926. The van der Waals surface area contributed by atoms with Crippen LogP contribution in [-0.2, 0) is 20.9 Å². The Morgan fingerprint density at radius 1 is 1.55 bits per heavy atom. The smallest absolute Gasteiger partial charge is 0.328 e. The molecule has 0 bridgehead atoms. The van der Waals surface area contributed by atoms with E-state index in [4.69, 9.17) is 0 Å². The maximum atomic E-state index is 12.2. The number of carbonyl (C=O) groups is 2. The minimum atomic E-state index is -0.780. The van der Waals surface area contributed by atoms with E-state index in [1.165, 1.54) is 16.6 Å². The molecule has 20 heavy (non-hydrogen) atoms. The number of aryl methyl sites for hydroxylation is 1. The molecule has 0 aliphatic carbocycles. The number of ether oxygens (including phenoxy) is 1. The topological polar surface area (TPSA) is 88.8 Å². The second-order valence-corrected chi connectivity index (χ2v) is 5.52. The van der Waals surface area contributed by atoms with Gasteiger partial charge in [-0.25, -0.2) is 4.79 Å². The molecule has 0 spiro atoms.